The maximum Gasteiger partial charge on any atom is 0.311 e. The van der Waals surface area contributed by atoms with E-state index < -0.39 is 5.41 Å². The number of ether oxygens (including phenoxy) is 2. The lowest BCUT2D eigenvalue weighted by Gasteiger charge is -2.45. The summed E-state index contributed by atoms with van der Waals surface area (Å²) in [6.45, 7) is 6.96. The van der Waals surface area contributed by atoms with Crippen LogP contribution in [-0.2, 0) is 5.41 Å². The molecule has 2 atom stereocenters. The van der Waals surface area contributed by atoms with Crippen LogP contribution in [0.3, 0.4) is 0 Å². The van der Waals surface area contributed by atoms with Gasteiger partial charge >= 0.3 is 5.69 Å². The number of nitro groups is 1. The molecule has 2 aliphatic rings. The molecule has 7 nitrogen and oxygen atoms in total. The van der Waals surface area contributed by atoms with Crippen molar-refractivity contribution in [2.45, 2.75) is 26.2 Å². The molecule has 0 saturated heterocycles. The minimum atomic E-state index is -0.486. The molecule has 3 heterocycles. The Kier molecular flexibility index (Phi) is 3.71. The normalized spacial score (nSPS) is 22.0. The Morgan fingerprint density at radius 1 is 1.14 bits per heavy atom. The topological polar surface area (TPSA) is 79.4 Å². The quantitative estimate of drug-likeness (QED) is 0.485. The Hall–Kier alpha value is -3.35. The van der Waals surface area contributed by atoms with Crippen molar-refractivity contribution in [3.05, 3.63) is 75.0 Å². The number of fused-ring (bicyclic) bond motifs is 5. The van der Waals surface area contributed by atoms with E-state index in [4.69, 9.17) is 14.6 Å². The van der Waals surface area contributed by atoms with Crippen molar-refractivity contribution < 1.29 is 14.4 Å². The van der Waals surface area contributed by atoms with Gasteiger partial charge in [-0.05, 0) is 26.0 Å². The molecular formula is C22H21N3O4. The number of aryl methyl sites for hydroxylation is 2. The SMILES string of the molecule is Cc1ccc(-n2nc(C)c3c2OC[C@H]2COc4c([N+](=O)[O-])cccc4[C@@]32C)cc1. The minimum Gasteiger partial charge on any atom is -0.486 e. The molecule has 0 radical (unpaired) electrons. The third-order valence-electron chi connectivity index (χ3n) is 6.23. The van der Waals surface area contributed by atoms with Crippen LogP contribution in [0.2, 0.25) is 0 Å². The van der Waals surface area contributed by atoms with E-state index in [0.717, 1.165) is 22.5 Å². The van der Waals surface area contributed by atoms with E-state index in [1.54, 1.807) is 6.07 Å². The van der Waals surface area contributed by atoms with Gasteiger partial charge in [0.25, 0.3) is 0 Å². The first-order valence-corrected chi connectivity index (χ1v) is 9.62. The summed E-state index contributed by atoms with van der Waals surface area (Å²) in [5.74, 6) is 1.09. The molecule has 0 N–H and O–H groups in total. The highest BCUT2D eigenvalue weighted by Gasteiger charge is 2.52. The lowest BCUT2D eigenvalue weighted by Crippen LogP contribution is -2.47. The summed E-state index contributed by atoms with van der Waals surface area (Å²) in [5, 5.41) is 16.3. The van der Waals surface area contributed by atoms with Crippen LogP contribution in [0, 0.1) is 29.9 Å². The Morgan fingerprint density at radius 3 is 2.59 bits per heavy atom. The zero-order valence-corrected chi connectivity index (χ0v) is 16.5. The van der Waals surface area contributed by atoms with Crippen LogP contribution < -0.4 is 9.47 Å². The number of nitrogens with zero attached hydrogens (tertiary/aromatic N) is 3. The highest BCUT2D eigenvalue weighted by Crippen LogP contribution is 2.55. The number of hydrogen-bond acceptors (Lipinski definition) is 5. The van der Waals surface area contributed by atoms with Crippen molar-refractivity contribution in [2.24, 2.45) is 5.92 Å². The summed E-state index contributed by atoms with van der Waals surface area (Å²) in [4.78, 5) is 11.2. The Balaban J connectivity index is 1.74. The number of aromatic nitrogens is 2. The molecule has 0 fully saturated rings. The zero-order valence-electron chi connectivity index (χ0n) is 16.5. The van der Waals surface area contributed by atoms with Crippen LogP contribution in [0.1, 0.15) is 29.3 Å². The van der Waals surface area contributed by atoms with Crippen LogP contribution in [0.5, 0.6) is 11.6 Å². The molecule has 0 aliphatic carbocycles. The Bertz CT molecular complexity index is 1140. The van der Waals surface area contributed by atoms with E-state index >= 15 is 0 Å². The van der Waals surface area contributed by atoms with E-state index in [9.17, 15) is 10.1 Å². The highest BCUT2D eigenvalue weighted by atomic mass is 16.6. The average molecular weight is 391 g/mol. The third kappa shape index (κ3) is 2.40. The van der Waals surface area contributed by atoms with Gasteiger partial charge in [0.05, 0.1) is 29.5 Å². The monoisotopic (exact) mass is 391 g/mol. The summed E-state index contributed by atoms with van der Waals surface area (Å²) in [5.41, 5.74) is 4.25. The molecule has 5 rings (SSSR count). The maximum atomic E-state index is 11.6. The summed E-state index contributed by atoms with van der Waals surface area (Å²) in [6, 6.07) is 13.3. The highest BCUT2D eigenvalue weighted by molar-refractivity contribution is 5.62. The van der Waals surface area contributed by atoms with Crippen molar-refractivity contribution in [3.8, 4) is 17.3 Å². The van der Waals surface area contributed by atoms with Gasteiger partial charge in [0.2, 0.25) is 11.6 Å². The van der Waals surface area contributed by atoms with E-state index in [1.165, 1.54) is 11.6 Å². The van der Waals surface area contributed by atoms with Crippen LogP contribution in [0.4, 0.5) is 5.69 Å². The zero-order chi connectivity index (χ0) is 20.3. The Morgan fingerprint density at radius 2 is 1.86 bits per heavy atom. The second-order valence-corrected chi connectivity index (χ2v) is 7.95. The number of benzene rings is 2. The molecule has 0 spiro atoms. The number of hydrogen-bond donors (Lipinski definition) is 0. The number of para-hydroxylation sites is 1. The Labute approximate surface area is 168 Å². The standard InChI is InChI=1S/C22H21N3O4/c1-13-7-9-16(10-8-13)24-21-19(14(2)23-24)22(3)15(12-29-21)11-28-20-17(22)5-4-6-18(20)25(26)27/h4-10,15H,11-12H2,1-3H3/t15-,22+/m1/s1. The molecule has 0 saturated carbocycles. The minimum absolute atomic E-state index is 0.00111. The molecule has 1 aromatic heterocycles. The first-order chi connectivity index (χ1) is 13.9. The molecular weight excluding hydrogens is 370 g/mol. The number of nitro benzene ring substituents is 1. The van der Waals surface area contributed by atoms with Gasteiger partial charge in [-0.25, -0.2) is 4.68 Å². The predicted molar refractivity (Wildman–Crippen MR) is 107 cm³/mol. The van der Waals surface area contributed by atoms with Gasteiger partial charge < -0.3 is 9.47 Å². The summed E-state index contributed by atoms with van der Waals surface area (Å²) >= 11 is 0. The fourth-order valence-corrected chi connectivity index (χ4v) is 4.63. The van der Waals surface area contributed by atoms with Gasteiger partial charge in [0.1, 0.15) is 0 Å². The molecule has 2 aromatic carbocycles. The van der Waals surface area contributed by atoms with Gasteiger partial charge in [-0.1, -0.05) is 36.8 Å². The van der Waals surface area contributed by atoms with Gasteiger partial charge in [-0.2, -0.15) is 5.10 Å². The smallest absolute Gasteiger partial charge is 0.311 e. The fourth-order valence-electron chi connectivity index (χ4n) is 4.63. The maximum absolute atomic E-state index is 11.6. The van der Waals surface area contributed by atoms with Crippen LogP contribution in [-0.4, -0.2) is 27.9 Å². The van der Waals surface area contributed by atoms with Gasteiger partial charge in [-0.3, -0.25) is 10.1 Å². The largest absolute Gasteiger partial charge is 0.486 e. The van der Waals surface area contributed by atoms with Gasteiger partial charge in [-0.15, -0.1) is 0 Å². The van der Waals surface area contributed by atoms with Crippen LogP contribution in [0.25, 0.3) is 5.69 Å². The third-order valence-corrected chi connectivity index (χ3v) is 6.23. The lowest BCUT2D eigenvalue weighted by atomic mass is 9.65. The molecule has 2 aliphatic heterocycles. The van der Waals surface area contributed by atoms with Crippen molar-refractivity contribution in [1.29, 1.82) is 0 Å². The summed E-state index contributed by atoms with van der Waals surface area (Å²) in [6.07, 6.45) is 0. The van der Waals surface area contributed by atoms with E-state index in [1.807, 2.05) is 48.9 Å². The molecule has 29 heavy (non-hydrogen) atoms. The molecule has 0 bridgehead atoms. The van der Waals surface area contributed by atoms with Crippen molar-refractivity contribution in [2.75, 3.05) is 13.2 Å². The second-order valence-electron chi connectivity index (χ2n) is 7.95. The van der Waals surface area contributed by atoms with E-state index in [0.29, 0.717) is 24.8 Å². The predicted octanol–water partition coefficient (Wildman–Crippen LogP) is 4.10. The molecule has 0 unspecified atom stereocenters. The van der Waals surface area contributed by atoms with Crippen molar-refractivity contribution >= 4 is 5.69 Å². The lowest BCUT2D eigenvalue weighted by molar-refractivity contribution is -0.386. The number of rotatable bonds is 2. The van der Waals surface area contributed by atoms with Gasteiger partial charge in [0.15, 0.2) is 0 Å². The van der Waals surface area contributed by atoms with E-state index in [2.05, 4.69) is 6.92 Å². The molecule has 7 heteroatoms. The summed E-state index contributed by atoms with van der Waals surface area (Å²) in [7, 11) is 0. The molecule has 3 aromatic rings. The fraction of sp³-hybridized carbons (Fsp3) is 0.318. The average Bonchev–Trinajstić information content (AvgIpc) is 3.05. The first-order valence-electron chi connectivity index (χ1n) is 9.62. The van der Waals surface area contributed by atoms with Crippen molar-refractivity contribution in [3.63, 3.8) is 0 Å². The second kappa shape index (κ2) is 6.07. The summed E-state index contributed by atoms with van der Waals surface area (Å²) < 4.78 is 13.9. The van der Waals surface area contributed by atoms with Crippen molar-refractivity contribution in [1.82, 2.24) is 9.78 Å². The van der Waals surface area contributed by atoms with Crippen LogP contribution in [0.15, 0.2) is 42.5 Å². The first kappa shape index (κ1) is 17.7. The molecule has 148 valence electrons. The molecule has 0 amide bonds. The van der Waals surface area contributed by atoms with Crippen LogP contribution >= 0.6 is 0 Å². The van der Waals surface area contributed by atoms with Gasteiger partial charge in [0, 0.05) is 28.5 Å². The van der Waals surface area contributed by atoms with E-state index in [-0.39, 0.29) is 16.5 Å².